The van der Waals surface area contributed by atoms with E-state index in [1.807, 2.05) is 6.92 Å². The zero-order valence-electron chi connectivity index (χ0n) is 16.2. The number of fused-ring (bicyclic) bond motifs is 1. The van der Waals surface area contributed by atoms with Gasteiger partial charge in [0.1, 0.15) is 0 Å². The summed E-state index contributed by atoms with van der Waals surface area (Å²) in [6.07, 6.45) is -0.886. The molecule has 4 rings (SSSR count). The van der Waals surface area contributed by atoms with E-state index in [4.69, 9.17) is 0 Å². The highest BCUT2D eigenvalue weighted by molar-refractivity contribution is 5.72. The number of hydrogen-bond donors (Lipinski definition) is 1. The number of benzene rings is 1. The van der Waals surface area contributed by atoms with Crippen LogP contribution in [0.4, 0.5) is 18.9 Å². The molecule has 0 aliphatic carbocycles. The predicted molar refractivity (Wildman–Crippen MR) is 103 cm³/mol. The molecule has 28 heavy (non-hydrogen) atoms. The molecule has 2 aromatic rings. The van der Waals surface area contributed by atoms with Gasteiger partial charge in [0.15, 0.2) is 0 Å². The highest BCUT2D eigenvalue weighted by Crippen LogP contribution is 2.42. The van der Waals surface area contributed by atoms with Gasteiger partial charge < -0.3 is 10.2 Å². The molecule has 2 aliphatic rings. The van der Waals surface area contributed by atoms with Crippen LogP contribution in [0, 0.1) is 12.8 Å². The van der Waals surface area contributed by atoms with Crippen LogP contribution >= 0.6 is 0 Å². The van der Waals surface area contributed by atoms with Gasteiger partial charge in [-0.2, -0.15) is 18.3 Å². The third-order valence-corrected chi connectivity index (χ3v) is 6.07. The Labute approximate surface area is 163 Å². The molecule has 0 saturated carbocycles. The number of rotatable bonds is 2. The summed E-state index contributed by atoms with van der Waals surface area (Å²) in [7, 11) is 2.17. The van der Waals surface area contributed by atoms with Crippen LogP contribution in [-0.4, -0.2) is 41.8 Å². The highest BCUT2D eigenvalue weighted by Gasteiger charge is 2.34. The van der Waals surface area contributed by atoms with Gasteiger partial charge in [0.25, 0.3) is 0 Å². The van der Waals surface area contributed by atoms with Gasteiger partial charge in [-0.3, -0.25) is 0 Å². The van der Waals surface area contributed by atoms with Gasteiger partial charge in [-0.15, -0.1) is 5.10 Å². The molecular weight excluding hydrogens is 365 g/mol. The average Bonchev–Trinajstić information content (AvgIpc) is 2.67. The molecular formula is C21H25F3N4. The lowest BCUT2D eigenvalue weighted by molar-refractivity contribution is -0.137. The van der Waals surface area contributed by atoms with Crippen LogP contribution in [0.1, 0.15) is 42.0 Å². The summed E-state index contributed by atoms with van der Waals surface area (Å²) in [6, 6.07) is 5.15. The van der Waals surface area contributed by atoms with Crippen molar-refractivity contribution >= 4 is 5.69 Å². The maximum atomic E-state index is 12.8. The summed E-state index contributed by atoms with van der Waals surface area (Å²) in [5, 5.41) is 12.4. The van der Waals surface area contributed by atoms with Gasteiger partial charge in [-0.25, -0.2) is 0 Å². The lowest BCUT2D eigenvalue weighted by Crippen LogP contribution is -2.37. The first kappa shape index (κ1) is 19.2. The average molecular weight is 390 g/mol. The fourth-order valence-corrected chi connectivity index (χ4v) is 4.60. The quantitative estimate of drug-likeness (QED) is 0.806. The Morgan fingerprint density at radius 3 is 2.54 bits per heavy atom. The minimum Gasteiger partial charge on any atom is -0.383 e. The molecule has 1 saturated heterocycles. The van der Waals surface area contributed by atoms with E-state index in [0.29, 0.717) is 23.1 Å². The Morgan fingerprint density at radius 1 is 1.11 bits per heavy atom. The second kappa shape index (κ2) is 7.35. The molecule has 0 radical (unpaired) electrons. The second-order valence-corrected chi connectivity index (χ2v) is 8.00. The minimum atomic E-state index is -4.34. The summed E-state index contributed by atoms with van der Waals surface area (Å²) >= 11 is 0. The van der Waals surface area contributed by atoms with E-state index in [9.17, 15) is 13.2 Å². The van der Waals surface area contributed by atoms with E-state index in [0.717, 1.165) is 55.1 Å². The van der Waals surface area contributed by atoms with E-state index < -0.39 is 11.7 Å². The van der Waals surface area contributed by atoms with Gasteiger partial charge in [-0.05, 0) is 57.8 Å². The summed E-state index contributed by atoms with van der Waals surface area (Å²) < 4.78 is 38.5. The molecule has 150 valence electrons. The Kier molecular flexibility index (Phi) is 5.04. The normalized spacial score (nSPS) is 23.2. The number of nitrogens with one attached hydrogen (secondary N) is 1. The Morgan fingerprint density at radius 2 is 1.86 bits per heavy atom. The minimum absolute atomic E-state index is 0.381. The van der Waals surface area contributed by atoms with Gasteiger partial charge in [-0.1, -0.05) is 12.1 Å². The number of piperidine rings is 1. The Balaban J connectivity index is 1.66. The van der Waals surface area contributed by atoms with E-state index in [2.05, 4.69) is 27.5 Å². The fraction of sp³-hybridized carbons (Fsp3) is 0.524. The third-order valence-electron chi connectivity index (χ3n) is 6.07. The van der Waals surface area contributed by atoms with Crippen molar-refractivity contribution in [3.63, 3.8) is 0 Å². The molecule has 3 heterocycles. The van der Waals surface area contributed by atoms with Crippen LogP contribution in [0.2, 0.25) is 0 Å². The molecule has 7 heteroatoms. The number of aromatic nitrogens is 2. The number of anilines is 1. The first-order valence-electron chi connectivity index (χ1n) is 9.82. The van der Waals surface area contributed by atoms with E-state index in [1.54, 1.807) is 0 Å². The SMILES string of the molecule is Cc1c(-c2ccc(C(F)(F)F)cc2)nnc2c1NCC[C@@H]2C1CCCN(C)C1. The van der Waals surface area contributed by atoms with Gasteiger partial charge >= 0.3 is 6.18 Å². The number of halogens is 3. The van der Waals surface area contributed by atoms with Crippen LogP contribution < -0.4 is 5.32 Å². The van der Waals surface area contributed by atoms with Crippen LogP contribution in [0.5, 0.6) is 0 Å². The van der Waals surface area contributed by atoms with Gasteiger partial charge in [0, 0.05) is 30.1 Å². The molecule has 0 amide bonds. The molecule has 2 aliphatic heterocycles. The zero-order valence-corrected chi connectivity index (χ0v) is 16.2. The number of likely N-dealkylation sites (tertiary alicyclic amines) is 1. The number of hydrogen-bond acceptors (Lipinski definition) is 4. The van der Waals surface area contributed by atoms with Crippen molar-refractivity contribution in [2.75, 3.05) is 32.0 Å². The summed E-state index contributed by atoms with van der Waals surface area (Å²) in [4.78, 5) is 2.38. The van der Waals surface area contributed by atoms with Crippen molar-refractivity contribution in [1.29, 1.82) is 0 Å². The molecule has 2 atom stereocenters. The zero-order chi connectivity index (χ0) is 19.9. The monoisotopic (exact) mass is 390 g/mol. The molecule has 1 unspecified atom stereocenters. The summed E-state index contributed by atoms with van der Waals surface area (Å²) in [6.45, 7) is 5.08. The van der Waals surface area contributed by atoms with E-state index in [-0.39, 0.29) is 0 Å². The van der Waals surface area contributed by atoms with Crippen LogP contribution in [0.25, 0.3) is 11.3 Å². The van der Waals surface area contributed by atoms with Crippen molar-refractivity contribution in [3.05, 3.63) is 41.1 Å². The fourth-order valence-electron chi connectivity index (χ4n) is 4.60. The molecule has 0 bridgehead atoms. The maximum Gasteiger partial charge on any atom is 0.416 e. The van der Waals surface area contributed by atoms with Crippen LogP contribution in [0.15, 0.2) is 24.3 Å². The molecule has 4 nitrogen and oxygen atoms in total. The van der Waals surface area contributed by atoms with Crippen molar-refractivity contribution in [3.8, 4) is 11.3 Å². The number of nitrogens with zero attached hydrogens (tertiary/aromatic N) is 3. The molecule has 0 spiro atoms. The van der Waals surface area contributed by atoms with Crippen LogP contribution in [0.3, 0.4) is 0 Å². The van der Waals surface area contributed by atoms with Crippen LogP contribution in [-0.2, 0) is 6.18 Å². The lowest BCUT2D eigenvalue weighted by Gasteiger charge is -2.37. The van der Waals surface area contributed by atoms with Gasteiger partial charge in [0.2, 0.25) is 0 Å². The molecule has 1 fully saturated rings. The van der Waals surface area contributed by atoms with Crippen molar-refractivity contribution < 1.29 is 13.2 Å². The topological polar surface area (TPSA) is 41.1 Å². The highest BCUT2D eigenvalue weighted by atomic mass is 19.4. The maximum absolute atomic E-state index is 12.8. The molecule has 1 aromatic carbocycles. The van der Waals surface area contributed by atoms with Crippen molar-refractivity contribution in [1.82, 2.24) is 15.1 Å². The smallest absolute Gasteiger partial charge is 0.383 e. The lowest BCUT2D eigenvalue weighted by atomic mass is 9.79. The third kappa shape index (κ3) is 3.60. The number of alkyl halides is 3. The molecule has 1 aromatic heterocycles. The first-order valence-corrected chi connectivity index (χ1v) is 9.82. The standard InChI is InChI=1S/C21H25F3N4/c1-13-18(14-5-7-16(8-6-14)21(22,23)24)26-27-20-17(9-10-25-19(13)20)15-4-3-11-28(2)12-15/h5-8,15,17,25H,3-4,9-12H2,1-2H3/t15?,17-/m1/s1. The Bertz CT molecular complexity index is 848. The largest absolute Gasteiger partial charge is 0.416 e. The van der Waals surface area contributed by atoms with E-state index in [1.165, 1.54) is 25.0 Å². The first-order chi connectivity index (χ1) is 13.3. The predicted octanol–water partition coefficient (Wildman–Crippen LogP) is 4.71. The summed E-state index contributed by atoms with van der Waals surface area (Å²) in [5.74, 6) is 0.956. The second-order valence-electron chi connectivity index (χ2n) is 8.00. The van der Waals surface area contributed by atoms with Gasteiger partial charge in [0.05, 0.1) is 22.6 Å². The Hall–Kier alpha value is -2.15. The van der Waals surface area contributed by atoms with Crippen molar-refractivity contribution in [2.24, 2.45) is 5.92 Å². The molecule has 1 N–H and O–H groups in total. The van der Waals surface area contributed by atoms with Crippen molar-refractivity contribution in [2.45, 2.75) is 38.3 Å². The summed E-state index contributed by atoms with van der Waals surface area (Å²) in [5.41, 5.74) is 3.62. The van der Waals surface area contributed by atoms with E-state index >= 15 is 0 Å².